The Bertz CT molecular complexity index is 395. The van der Waals surface area contributed by atoms with Crippen LogP contribution in [-0.4, -0.2) is 17.5 Å². The van der Waals surface area contributed by atoms with Crippen LogP contribution in [0.5, 0.6) is 0 Å². The first-order valence-electron chi connectivity index (χ1n) is 7.81. The van der Waals surface area contributed by atoms with Gasteiger partial charge in [-0.2, -0.15) is 11.8 Å². The molecule has 0 spiro atoms. The minimum atomic E-state index is -0.117. The maximum absolute atomic E-state index is 13.6. The normalized spacial score (nSPS) is 17.6. The fourth-order valence-electron chi connectivity index (χ4n) is 2.84. The minimum absolute atomic E-state index is 0.117. The Morgan fingerprint density at radius 1 is 1.30 bits per heavy atom. The van der Waals surface area contributed by atoms with E-state index in [2.05, 4.69) is 30.1 Å². The van der Waals surface area contributed by atoms with Gasteiger partial charge >= 0.3 is 0 Å². The third kappa shape index (κ3) is 4.78. The molecule has 0 amide bonds. The van der Waals surface area contributed by atoms with Crippen LogP contribution in [0.2, 0.25) is 0 Å². The summed E-state index contributed by atoms with van der Waals surface area (Å²) in [5.41, 5.74) is 2.11. The van der Waals surface area contributed by atoms with E-state index in [1.54, 1.807) is 12.1 Å². The first kappa shape index (κ1) is 15.8. The molecular formula is C17H26FNS. The van der Waals surface area contributed by atoms with Gasteiger partial charge in [-0.3, -0.25) is 0 Å². The van der Waals surface area contributed by atoms with Crippen LogP contribution in [-0.2, 0) is 0 Å². The Kier molecular flexibility index (Phi) is 6.37. The van der Waals surface area contributed by atoms with Crippen molar-refractivity contribution in [1.29, 1.82) is 0 Å². The molecule has 1 N–H and O–H groups in total. The van der Waals surface area contributed by atoms with E-state index in [0.29, 0.717) is 0 Å². The highest BCUT2D eigenvalue weighted by atomic mass is 32.2. The molecule has 0 heterocycles. The summed E-state index contributed by atoms with van der Waals surface area (Å²) in [6.07, 6.45) is 6.58. The van der Waals surface area contributed by atoms with Crippen LogP contribution >= 0.6 is 11.8 Å². The highest BCUT2D eigenvalue weighted by Crippen LogP contribution is 2.32. The van der Waals surface area contributed by atoms with Gasteiger partial charge in [0.05, 0.1) is 0 Å². The molecule has 1 aromatic rings. The lowest BCUT2D eigenvalue weighted by Crippen LogP contribution is -2.25. The summed E-state index contributed by atoms with van der Waals surface area (Å²) in [5, 5.41) is 4.39. The monoisotopic (exact) mass is 295 g/mol. The molecule has 112 valence electrons. The zero-order valence-corrected chi connectivity index (χ0v) is 13.4. The fraction of sp³-hybridized carbons (Fsp3) is 0.647. The largest absolute Gasteiger partial charge is 0.309 e. The van der Waals surface area contributed by atoms with Gasteiger partial charge in [0.25, 0.3) is 0 Å². The Morgan fingerprint density at radius 2 is 2.05 bits per heavy atom. The van der Waals surface area contributed by atoms with Crippen molar-refractivity contribution in [3.8, 4) is 0 Å². The van der Waals surface area contributed by atoms with E-state index in [-0.39, 0.29) is 11.9 Å². The Morgan fingerprint density at radius 3 is 2.70 bits per heavy atom. The van der Waals surface area contributed by atoms with Gasteiger partial charge in [-0.05, 0) is 56.0 Å². The van der Waals surface area contributed by atoms with Crippen LogP contribution < -0.4 is 5.32 Å². The second-order valence-electron chi connectivity index (χ2n) is 5.81. The third-order valence-corrected chi connectivity index (χ3v) is 5.38. The predicted molar refractivity (Wildman–Crippen MR) is 86.9 cm³/mol. The Labute approximate surface area is 126 Å². The molecule has 0 saturated heterocycles. The second kappa shape index (κ2) is 8.04. The first-order valence-corrected chi connectivity index (χ1v) is 8.86. The summed E-state index contributed by atoms with van der Waals surface area (Å²) in [5.74, 6) is 0.933. The van der Waals surface area contributed by atoms with Crippen LogP contribution in [0.1, 0.15) is 56.2 Å². The van der Waals surface area contributed by atoms with E-state index in [1.807, 2.05) is 6.92 Å². The van der Waals surface area contributed by atoms with Crippen molar-refractivity contribution in [3.05, 3.63) is 35.1 Å². The lowest BCUT2D eigenvalue weighted by atomic mass is 10.1. The van der Waals surface area contributed by atoms with Crippen LogP contribution in [0.3, 0.4) is 0 Å². The summed E-state index contributed by atoms with van der Waals surface area (Å²) in [7, 11) is 0. The molecule has 0 radical (unpaired) electrons. The maximum atomic E-state index is 13.6. The average Bonchev–Trinajstić information content (AvgIpc) is 2.91. The number of aryl methyl sites for hydroxylation is 1. The van der Waals surface area contributed by atoms with Gasteiger partial charge in [0.15, 0.2) is 0 Å². The van der Waals surface area contributed by atoms with E-state index >= 15 is 0 Å². The molecule has 1 fully saturated rings. The van der Waals surface area contributed by atoms with Crippen LogP contribution in [0.4, 0.5) is 4.39 Å². The number of halogens is 1. The molecule has 1 nitrogen and oxygen atoms in total. The molecule has 20 heavy (non-hydrogen) atoms. The van der Waals surface area contributed by atoms with E-state index < -0.39 is 0 Å². The van der Waals surface area contributed by atoms with Gasteiger partial charge in [-0.15, -0.1) is 0 Å². The molecule has 0 aromatic heterocycles. The van der Waals surface area contributed by atoms with Crippen molar-refractivity contribution < 1.29 is 4.39 Å². The van der Waals surface area contributed by atoms with Crippen molar-refractivity contribution >= 4 is 11.8 Å². The highest BCUT2D eigenvalue weighted by molar-refractivity contribution is 7.99. The van der Waals surface area contributed by atoms with E-state index in [4.69, 9.17) is 0 Å². The third-order valence-electron chi connectivity index (χ3n) is 3.91. The molecule has 1 unspecified atom stereocenters. The SMILES string of the molecule is CCCNC(CSC1CCCC1)c1cc(C)cc(F)c1. The molecule has 1 saturated carbocycles. The number of thioether (sulfide) groups is 1. The molecule has 3 heteroatoms. The molecule has 1 atom stereocenters. The van der Waals surface area contributed by atoms with Gasteiger partial charge in [-0.25, -0.2) is 4.39 Å². The standard InChI is InChI=1S/C17H26FNS/c1-3-8-19-17(12-20-16-6-4-5-7-16)14-9-13(2)10-15(18)11-14/h9-11,16-17,19H,3-8,12H2,1-2H3. The van der Waals surface area contributed by atoms with E-state index in [9.17, 15) is 4.39 Å². The van der Waals surface area contributed by atoms with Gasteiger partial charge in [-0.1, -0.05) is 25.8 Å². The van der Waals surface area contributed by atoms with Crippen LogP contribution in [0, 0.1) is 12.7 Å². The fourth-order valence-corrected chi connectivity index (χ4v) is 4.29. The van der Waals surface area contributed by atoms with E-state index in [0.717, 1.165) is 35.1 Å². The van der Waals surface area contributed by atoms with Gasteiger partial charge in [0, 0.05) is 17.0 Å². The molecule has 1 aliphatic rings. The van der Waals surface area contributed by atoms with Crippen molar-refractivity contribution in [1.82, 2.24) is 5.32 Å². The summed E-state index contributed by atoms with van der Waals surface area (Å²) in [6, 6.07) is 5.68. The summed E-state index contributed by atoms with van der Waals surface area (Å²) >= 11 is 2.06. The van der Waals surface area contributed by atoms with Crippen molar-refractivity contribution in [2.75, 3.05) is 12.3 Å². The Balaban J connectivity index is 2.00. The number of benzene rings is 1. The van der Waals surface area contributed by atoms with Gasteiger partial charge in [0.1, 0.15) is 5.82 Å². The maximum Gasteiger partial charge on any atom is 0.123 e. The summed E-state index contributed by atoms with van der Waals surface area (Å²) < 4.78 is 13.6. The number of rotatable bonds is 7. The number of hydrogen-bond donors (Lipinski definition) is 1. The van der Waals surface area contributed by atoms with Crippen LogP contribution in [0.15, 0.2) is 18.2 Å². The zero-order valence-electron chi connectivity index (χ0n) is 12.6. The molecule has 1 aliphatic carbocycles. The number of nitrogens with one attached hydrogen (secondary N) is 1. The predicted octanol–water partition coefficient (Wildman–Crippen LogP) is 4.85. The smallest absolute Gasteiger partial charge is 0.123 e. The first-order chi connectivity index (χ1) is 9.69. The van der Waals surface area contributed by atoms with Gasteiger partial charge < -0.3 is 5.32 Å². The molecule has 0 aliphatic heterocycles. The van der Waals surface area contributed by atoms with E-state index in [1.165, 1.54) is 25.7 Å². The molecule has 1 aromatic carbocycles. The van der Waals surface area contributed by atoms with Crippen molar-refractivity contribution in [3.63, 3.8) is 0 Å². The van der Waals surface area contributed by atoms with Crippen LogP contribution in [0.25, 0.3) is 0 Å². The summed E-state index contributed by atoms with van der Waals surface area (Å²) in [6.45, 7) is 5.13. The Hall–Kier alpha value is -0.540. The quantitative estimate of drug-likeness (QED) is 0.771. The lowest BCUT2D eigenvalue weighted by Gasteiger charge is -2.21. The second-order valence-corrected chi connectivity index (χ2v) is 7.14. The molecule has 0 bridgehead atoms. The van der Waals surface area contributed by atoms with Crippen molar-refractivity contribution in [2.45, 2.75) is 57.2 Å². The highest BCUT2D eigenvalue weighted by Gasteiger charge is 2.19. The average molecular weight is 295 g/mol. The zero-order chi connectivity index (χ0) is 14.4. The minimum Gasteiger partial charge on any atom is -0.309 e. The molecule has 2 rings (SSSR count). The summed E-state index contributed by atoms with van der Waals surface area (Å²) in [4.78, 5) is 0. The topological polar surface area (TPSA) is 12.0 Å². The lowest BCUT2D eigenvalue weighted by molar-refractivity contribution is 0.566. The molecular weight excluding hydrogens is 269 g/mol. The van der Waals surface area contributed by atoms with Gasteiger partial charge in [0.2, 0.25) is 0 Å². The van der Waals surface area contributed by atoms with Crippen molar-refractivity contribution in [2.24, 2.45) is 0 Å². The number of hydrogen-bond acceptors (Lipinski definition) is 2.